The summed E-state index contributed by atoms with van der Waals surface area (Å²) in [5.41, 5.74) is 2.76. The summed E-state index contributed by atoms with van der Waals surface area (Å²) >= 11 is 2.62. The fourth-order valence-electron chi connectivity index (χ4n) is 3.40. The zero-order valence-electron chi connectivity index (χ0n) is 16.7. The van der Waals surface area contributed by atoms with Crippen LogP contribution in [0.25, 0.3) is 10.9 Å². The summed E-state index contributed by atoms with van der Waals surface area (Å²) in [7, 11) is 0. The van der Waals surface area contributed by atoms with Gasteiger partial charge in [-0.15, -0.1) is 10.2 Å². The molecule has 158 valence electrons. The van der Waals surface area contributed by atoms with Crippen LogP contribution in [0.5, 0.6) is 0 Å². The van der Waals surface area contributed by atoms with Crippen LogP contribution in [0.4, 0.5) is 15.2 Å². The monoisotopic (exact) mass is 460 g/mol. The number of benzene rings is 3. The van der Waals surface area contributed by atoms with Gasteiger partial charge in [-0.2, -0.15) is 0 Å². The van der Waals surface area contributed by atoms with Gasteiger partial charge >= 0.3 is 0 Å². The number of para-hydroxylation sites is 2. The lowest BCUT2D eigenvalue weighted by atomic mass is 10.0. The maximum Gasteiger partial charge on any atom is 0.210 e. The average molecular weight is 461 g/mol. The van der Waals surface area contributed by atoms with Gasteiger partial charge in [-0.25, -0.2) is 4.39 Å². The van der Waals surface area contributed by atoms with Crippen LogP contribution in [0.1, 0.15) is 21.2 Å². The van der Waals surface area contributed by atoms with Gasteiger partial charge in [0.2, 0.25) is 5.13 Å². The lowest BCUT2D eigenvalue weighted by Gasteiger charge is -2.14. The van der Waals surface area contributed by atoms with E-state index in [9.17, 15) is 9.18 Å². The van der Waals surface area contributed by atoms with E-state index in [2.05, 4.69) is 20.5 Å². The SMILES string of the molecule is O=C(c1c[nH]c2ccccc12)C(Sc1nnc(Nc2ccccc2F)s1)c1ccccc1. The van der Waals surface area contributed by atoms with Crippen molar-refractivity contribution in [1.82, 2.24) is 15.2 Å². The number of aromatic amines is 1. The van der Waals surface area contributed by atoms with Crippen LogP contribution in [0.15, 0.2) is 89.4 Å². The molecule has 2 N–H and O–H groups in total. The molecule has 3 aromatic carbocycles. The normalized spacial score (nSPS) is 12.0. The van der Waals surface area contributed by atoms with E-state index in [0.29, 0.717) is 20.7 Å². The highest BCUT2D eigenvalue weighted by molar-refractivity contribution is 8.02. The Morgan fingerprint density at radius 2 is 1.72 bits per heavy atom. The predicted molar refractivity (Wildman–Crippen MR) is 127 cm³/mol. The molecule has 0 saturated carbocycles. The highest BCUT2D eigenvalue weighted by Crippen LogP contribution is 2.41. The highest BCUT2D eigenvalue weighted by Gasteiger charge is 2.27. The van der Waals surface area contributed by atoms with E-state index in [0.717, 1.165) is 16.5 Å². The Kier molecular flexibility index (Phi) is 5.70. The molecule has 0 saturated heterocycles. The molecule has 1 unspecified atom stereocenters. The largest absolute Gasteiger partial charge is 0.360 e. The molecule has 1 atom stereocenters. The number of thioether (sulfide) groups is 1. The first kappa shape index (κ1) is 20.4. The molecule has 0 amide bonds. The van der Waals surface area contributed by atoms with Crippen LogP contribution in [-0.2, 0) is 0 Å². The van der Waals surface area contributed by atoms with Gasteiger partial charge in [-0.05, 0) is 23.8 Å². The number of aromatic nitrogens is 3. The number of H-pyrrole nitrogens is 1. The van der Waals surface area contributed by atoms with Crippen molar-refractivity contribution in [3.05, 3.63) is 102 Å². The number of carbonyl (C=O) groups excluding carboxylic acids is 1. The van der Waals surface area contributed by atoms with Crippen molar-refractivity contribution >= 4 is 50.6 Å². The van der Waals surface area contributed by atoms with E-state index in [1.807, 2.05) is 54.6 Å². The molecule has 2 heterocycles. The van der Waals surface area contributed by atoms with Crippen molar-refractivity contribution in [3.63, 3.8) is 0 Å². The molecule has 0 aliphatic heterocycles. The number of carbonyl (C=O) groups is 1. The van der Waals surface area contributed by atoms with E-state index in [1.165, 1.54) is 29.2 Å². The number of ketones is 1. The average Bonchev–Trinajstić information content (AvgIpc) is 3.46. The number of nitrogens with one attached hydrogen (secondary N) is 2. The molecule has 8 heteroatoms. The zero-order valence-corrected chi connectivity index (χ0v) is 18.3. The van der Waals surface area contributed by atoms with Crippen LogP contribution in [0.3, 0.4) is 0 Å². The van der Waals surface area contributed by atoms with Crippen LogP contribution in [0.2, 0.25) is 0 Å². The van der Waals surface area contributed by atoms with Crippen molar-refractivity contribution in [2.24, 2.45) is 0 Å². The molecule has 0 aliphatic carbocycles. The molecule has 5 nitrogen and oxygen atoms in total. The van der Waals surface area contributed by atoms with Gasteiger partial charge in [0.15, 0.2) is 10.1 Å². The van der Waals surface area contributed by atoms with Gasteiger partial charge in [0, 0.05) is 22.7 Å². The Labute approximate surface area is 191 Å². The lowest BCUT2D eigenvalue weighted by molar-refractivity contribution is 0.0991. The smallest absolute Gasteiger partial charge is 0.210 e. The van der Waals surface area contributed by atoms with Crippen molar-refractivity contribution < 1.29 is 9.18 Å². The van der Waals surface area contributed by atoms with Crippen LogP contribution in [-0.4, -0.2) is 21.0 Å². The quantitative estimate of drug-likeness (QED) is 0.211. The minimum absolute atomic E-state index is 0.0162. The van der Waals surface area contributed by atoms with Crippen LogP contribution in [0, 0.1) is 5.82 Å². The summed E-state index contributed by atoms with van der Waals surface area (Å²) in [6, 6.07) is 23.7. The van der Waals surface area contributed by atoms with Crippen molar-refractivity contribution in [1.29, 1.82) is 0 Å². The van der Waals surface area contributed by atoms with Gasteiger partial charge in [0.1, 0.15) is 11.1 Å². The van der Waals surface area contributed by atoms with E-state index >= 15 is 0 Å². The maximum atomic E-state index is 13.9. The first-order chi connectivity index (χ1) is 15.7. The Hall–Kier alpha value is -3.49. The Morgan fingerprint density at radius 1 is 0.969 bits per heavy atom. The van der Waals surface area contributed by atoms with E-state index in [4.69, 9.17) is 0 Å². The lowest BCUT2D eigenvalue weighted by Crippen LogP contribution is -2.09. The molecule has 32 heavy (non-hydrogen) atoms. The summed E-state index contributed by atoms with van der Waals surface area (Å²) in [4.78, 5) is 16.8. The first-order valence-electron chi connectivity index (χ1n) is 9.86. The fourth-order valence-corrected chi connectivity index (χ4v) is 5.43. The third-order valence-corrected chi connectivity index (χ3v) is 7.11. The van der Waals surface area contributed by atoms with Crippen LogP contribution < -0.4 is 5.32 Å². The molecular weight excluding hydrogens is 443 g/mol. The molecular formula is C24H17FN4OS2. The second-order valence-electron chi connectivity index (χ2n) is 7.00. The molecule has 2 aromatic heterocycles. The molecule has 5 rings (SSSR count). The Morgan fingerprint density at radius 3 is 2.56 bits per heavy atom. The maximum absolute atomic E-state index is 13.9. The summed E-state index contributed by atoms with van der Waals surface area (Å²) in [6.45, 7) is 0. The van der Waals surface area contributed by atoms with Crippen LogP contribution >= 0.6 is 23.1 Å². The summed E-state index contributed by atoms with van der Waals surface area (Å²) in [5.74, 6) is -0.383. The number of rotatable bonds is 7. The number of fused-ring (bicyclic) bond motifs is 1. The van der Waals surface area contributed by atoms with Gasteiger partial charge in [0.05, 0.1) is 5.69 Å². The van der Waals surface area contributed by atoms with E-state index < -0.39 is 5.25 Å². The van der Waals surface area contributed by atoms with Crippen molar-refractivity contribution in [2.45, 2.75) is 9.59 Å². The van der Waals surface area contributed by atoms with Crippen molar-refractivity contribution in [3.8, 4) is 0 Å². The Balaban J connectivity index is 1.44. The second kappa shape index (κ2) is 8.94. The van der Waals surface area contributed by atoms with E-state index in [-0.39, 0.29) is 11.6 Å². The van der Waals surface area contributed by atoms with Gasteiger partial charge < -0.3 is 10.3 Å². The first-order valence-corrected chi connectivity index (χ1v) is 11.6. The number of hydrogen-bond acceptors (Lipinski definition) is 6. The minimum atomic E-state index is -0.496. The second-order valence-corrected chi connectivity index (χ2v) is 9.33. The number of halogens is 1. The highest BCUT2D eigenvalue weighted by atomic mass is 32.2. The van der Waals surface area contributed by atoms with Crippen molar-refractivity contribution in [2.75, 3.05) is 5.32 Å². The standard InChI is InChI=1S/C24H17FN4OS2/c25-18-11-5-7-13-20(18)27-23-28-29-24(32-23)31-22(15-8-2-1-3-9-15)21(30)17-14-26-19-12-6-4-10-16(17)19/h1-14,22,26H,(H,27,28). The summed E-state index contributed by atoms with van der Waals surface area (Å²) < 4.78 is 14.6. The summed E-state index contributed by atoms with van der Waals surface area (Å²) in [5, 5.41) is 12.2. The zero-order chi connectivity index (χ0) is 21.9. The molecule has 0 fully saturated rings. The minimum Gasteiger partial charge on any atom is -0.360 e. The molecule has 0 radical (unpaired) electrons. The Bertz CT molecular complexity index is 1380. The molecule has 5 aromatic rings. The third kappa shape index (κ3) is 4.15. The summed E-state index contributed by atoms with van der Waals surface area (Å²) in [6.07, 6.45) is 1.76. The van der Waals surface area contributed by atoms with Gasteiger partial charge in [-0.3, -0.25) is 4.79 Å². The van der Waals surface area contributed by atoms with Gasteiger partial charge in [0.25, 0.3) is 0 Å². The number of nitrogens with zero attached hydrogens (tertiary/aromatic N) is 2. The number of hydrogen-bond donors (Lipinski definition) is 2. The molecule has 0 bridgehead atoms. The number of Topliss-reactive ketones (excluding diaryl/α,β-unsaturated/α-hetero) is 1. The van der Waals surface area contributed by atoms with Gasteiger partial charge in [-0.1, -0.05) is 83.8 Å². The fraction of sp³-hybridized carbons (Fsp3) is 0.0417. The molecule has 0 spiro atoms. The third-order valence-electron chi connectivity index (χ3n) is 4.94. The predicted octanol–water partition coefficient (Wildman–Crippen LogP) is 6.62. The van der Waals surface area contributed by atoms with E-state index in [1.54, 1.807) is 24.4 Å². The number of anilines is 2. The topological polar surface area (TPSA) is 70.7 Å². The molecule has 0 aliphatic rings.